The summed E-state index contributed by atoms with van der Waals surface area (Å²) in [6, 6.07) is 17.4. The molecule has 2 aromatic rings. The van der Waals surface area contributed by atoms with Crippen LogP contribution in [-0.4, -0.2) is 29.3 Å². The zero-order valence-corrected chi connectivity index (χ0v) is 16.2. The summed E-state index contributed by atoms with van der Waals surface area (Å²) in [5, 5.41) is 2.99. The van der Waals surface area contributed by atoms with Gasteiger partial charge in [0.05, 0.1) is 6.42 Å². The molecule has 0 aromatic heterocycles. The Hall–Kier alpha value is -2.62. The van der Waals surface area contributed by atoms with E-state index in [-0.39, 0.29) is 11.8 Å². The Kier molecular flexibility index (Phi) is 6.28. The molecule has 0 radical (unpaired) electrons. The van der Waals surface area contributed by atoms with Crippen molar-refractivity contribution in [2.75, 3.05) is 6.54 Å². The fourth-order valence-electron chi connectivity index (χ4n) is 3.62. The van der Waals surface area contributed by atoms with Crippen molar-refractivity contribution in [2.45, 2.75) is 45.7 Å². The third kappa shape index (κ3) is 5.19. The zero-order chi connectivity index (χ0) is 19.2. The minimum absolute atomic E-state index is 0.0274. The lowest BCUT2D eigenvalue weighted by Crippen LogP contribution is -2.50. The molecule has 1 aliphatic rings. The summed E-state index contributed by atoms with van der Waals surface area (Å²) < 4.78 is 0. The molecular formula is C23H28N2O2. The summed E-state index contributed by atoms with van der Waals surface area (Å²) in [7, 11) is 0. The number of nitrogens with zero attached hydrogens (tertiary/aromatic N) is 1. The van der Waals surface area contributed by atoms with Gasteiger partial charge in [-0.25, -0.2) is 0 Å². The number of nitrogens with one attached hydrogen (secondary N) is 1. The van der Waals surface area contributed by atoms with E-state index in [0.717, 1.165) is 12.0 Å². The molecule has 1 heterocycles. The molecule has 27 heavy (non-hydrogen) atoms. The van der Waals surface area contributed by atoms with Gasteiger partial charge in [0.2, 0.25) is 11.8 Å². The van der Waals surface area contributed by atoms with Gasteiger partial charge in [0.25, 0.3) is 0 Å². The number of amides is 2. The van der Waals surface area contributed by atoms with E-state index in [1.54, 1.807) is 0 Å². The predicted molar refractivity (Wildman–Crippen MR) is 107 cm³/mol. The van der Waals surface area contributed by atoms with E-state index >= 15 is 0 Å². The first-order valence-electron chi connectivity index (χ1n) is 9.72. The molecule has 2 aromatic carbocycles. The molecule has 0 spiro atoms. The van der Waals surface area contributed by atoms with Crippen LogP contribution >= 0.6 is 0 Å². The number of carbonyl (C=O) groups excluding carboxylic acids is 2. The topological polar surface area (TPSA) is 49.4 Å². The first-order valence-corrected chi connectivity index (χ1v) is 9.72. The fraction of sp³-hybridized carbons (Fsp3) is 0.391. The van der Waals surface area contributed by atoms with Gasteiger partial charge in [-0.3, -0.25) is 9.59 Å². The standard InChI is InChI=1S/C23H28N2O2/c1-17(2)14-21(24-22(26)15-18-8-4-3-5-9-18)23(27)25-13-12-19-10-6-7-11-20(19)16-25/h3-11,17,21H,12-16H2,1-2H3,(H,24,26)/t21-/m0/s1. The van der Waals surface area contributed by atoms with Gasteiger partial charge in [-0.15, -0.1) is 0 Å². The van der Waals surface area contributed by atoms with Crippen molar-refractivity contribution >= 4 is 11.8 Å². The van der Waals surface area contributed by atoms with Gasteiger partial charge in [-0.2, -0.15) is 0 Å². The van der Waals surface area contributed by atoms with Crippen LogP contribution in [0.4, 0.5) is 0 Å². The van der Waals surface area contributed by atoms with Crippen LogP contribution < -0.4 is 5.32 Å². The largest absolute Gasteiger partial charge is 0.344 e. The number of hydrogen-bond donors (Lipinski definition) is 1. The van der Waals surface area contributed by atoms with E-state index in [1.165, 1.54) is 11.1 Å². The van der Waals surface area contributed by atoms with Crippen LogP contribution in [0.15, 0.2) is 54.6 Å². The van der Waals surface area contributed by atoms with Crippen LogP contribution in [0.5, 0.6) is 0 Å². The van der Waals surface area contributed by atoms with Crippen molar-refractivity contribution in [3.8, 4) is 0 Å². The second kappa shape index (κ2) is 8.85. The van der Waals surface area contributed by atoms with Crippen molar-refractivity contribution in [1.82, 2.24) is 10.2 Å². The average molecular weight is 364 g/mol. The fourth-order valence-corrected chi connectivity index (χ4v) is 3.62. The highest BCUT2D eigenvalue weighted by Gasteiger charge is 2.28. The molecule has 4 nitrogen and oxygen atoms in total. The highest BCUT2D eigenvalue weighted by molar-refractivity contribution is 5.88. The van der Waals surface area contributed by atoms with Crippen molar-refractivity contribution in [3.63, 3.8) is 0 Å². The molecule has 0 bridgehead atoms. The smallest absolute Gasteiger partial charge is 0.245 e. The molecule has 1 aliphatic heterocycles. The maximum atomic E-state index is 13.1. The predicted octanol–water partition coefficient (Wildman–Crippen LogP) is 3.34. The van der Waals surface area contributed by atoms with Crippen LogP contribution in [-0.2, 0) is 29.0 Å². The molecule has 3 rings (SSSR count). The first-order chi connectivity index (χ1) is 13.0. The van der Waals surface area contributed by atoms with E-state index in [0.29, 0.717) is 31.8 Å². The highest BCUT2D eigenvalue weighted by Crippen LogP contribution is 2.20. The maximum Gasteiger partial charge on any atom is 0.245 e. The van der Waals surface area contributed by atoms with Crippen molar-refractivity contribution in [3.05, 3.63) is 71.3 Å². The van der Waals surface area contributed by atoms with Gasteiger partial charge in [0, 0.05) is 13.1 Å². The number of rotatable bonds is 6. The van der Waals surface area contributed by atoms with E-state index < -0.39 is 6.04 Å². The number of benzene rings is 2. The Morgan fingerprint density at radius 3 is 2.37 bits per heavy atom. The Morgan fingerprint density at radius 2 is 1.67 bits per heavy atom. The lowest BCUT2D eigenvalue weighted by molar-refractivity contribution is -0.137. The molecule has 0 saturated carbocycles. The Morgan fingerprint density at radius 1 is 1.00 bits per heavy atom. The minimum atomic E-state index is -0.466. The van der Waals surface area contributed by atoms with Gasteiger partial charge in [-0.1, -0.05) is 68.4 Å². The molecule has 4 heteroatoms. The molecule has 142 valence electrons. The second-order valence-electron chi connectivity index (χ2n) is 7.69. The number of fused-ring (bicyclic) bond motifs is 1. The van der Waals surface area contributed by atoms with Crippen LogP contribution in [0.25, 0.3) is 0 Å². The zero-order valence-electron chi connectivity index (χ0n) is 16.2. The quantitative estimate of drug-likeness (QED) is 0.855. The summed E-state index contributed by atoms with van der Waals surface area (Å²) in [4.78, 5) is 27.5. The Labute approximate surface area is 161 Å². The van der Waals surface area contributed by atoms with E-state index in [4.69, 9.17) is 0 Å². The lowest BCUT2D eigenvalue weighted by atomic mass is 9.97. The Balaban J connectivity index is 1.67. The number of hydrogen-bond acceptors (Lipinski definition) is 2. The molecule has 2 amide bonds. The lowest BCUT2D eigenvalue weighted by Gasteiger charge is -2.32. The van der Waals surface area contributed by atoms with Crippen LogP contribution in [0, 0.1) is 5.92 Å². The van der Waals surface area contributed by atoms with Crippen LogP contribution in [0.3, 0.4) is 0 Å². The monoisotopic (exact) mass is 364 g/mol. The summed E-state index contributed by atoms with van der Waals surface area (Å²) in [6.45, 7) is 5.49. The van der Waals surface area contributed by atoms with Crippen LogP contribution in [0.1, 0.15) is 37.0 Å². The summed E-state index contributed by atoms with van der Waals surface area (Å²) in [5.41, 5.74) is 3.48. The van der Waals surface area contributed by atoms with Crippen molar-refractivity contribution in [1.29, 1.82) is 0 Å². The highest BCUT2D eigenvalue weighted by atomic mass is 16.2. The SMILES string of the molecule is CC(C)C[C@H](NC(=O)Cc1ccccc1)C(=O)N1CCc2ccccc2C1. The third-order valence-corrected chi connectivity index (χ3v) is 4.99. The first kappa shape index (κ1) is 19.2. The average Bonchev–Trinajstić information content (AvgIpc) is 2.67. The van der Waals surface area contributed by atoms with Gasteiger partial charge in [0.15, 0.2) is 0 Å². The molecule has 0 aliphatic carbocycles. The molecule has 1 N–H and O–H groups in total. The van der Waals surface area contributed by atoms with Gasteiger partial charge in [-0.05, 0) is 35.4 Å². The van der Waals surface area contributed by atoms with E-state index in [2.05, 4.69) is 31.3 Å². The van der Waals surface area contributed by atoms with E-state index in [9.17, 15) is 9.59 Å². The van der Waals surface area contributed by atoms with Gasteiger partial charge in [0.1, 0.15) is 6.04 Å². The van der Waals surface area contributed by atoms with Gasteiger partial charge >= 0.3 is 0 Å². The molecule has 1 atom stereocenters. The Bertz CT molecular complexity index is 786. The van der Waals surface area contributed by atoms with Crippen molar-refractivity contribution < 1.29 is 9.59 Å². The third-order valence-electron chi connectivity index (χ3n) is 4.99. The summed E-state index contributed by atoms with van der Waals surface area (Å²) in [6.07, 6.45) is 1.82. The number of carbonyl (C=O) groups is 2. The summed E-state index contributed by atoms with van der Waals surface area (Å²) >= 11 is 0. The van der Waals surface area contributed by atoms with Gasteiger partial charge < -0.3 is 10.2 Å². The van der Waals surface area contributed by atoms with Crippen molar-refractivity contribution in [2.24, 2.45) is 5.92 Å². The molecule has 0 unspecified atom stereocenters. The van der Waals surface area contributed by atoms with Crippen LogP contribution in [0.2, 0.25) is 0 Å². The molecular weight excluding hydrogens is 336 g/mol. The molecule has 0 saturated heterocycles. The summed E-state index contributed by atoms with van der Waals surface area (Å²) in [5.74, 6) is 0.255. The molecule has 0 fully saturated rings. The van der Waals surface area contributed by atoms with E-state index in [1.807, 2.05) is 47.4 Å². The maximum absolute atomic E-state index is 13.1. The normalized spacial score (nSPS) is 14.6. The second-order valence-corrected chi connectivity index (χ2v) is 7.69. The minimum Gasteiger partial charge on any atom is -0.344 e.